The summed E-state index contributed by atoms with van der Waals surface area (Å²) < 4.78 is 5.54. The first kappa shape index (κ1) is 14.5. The number of hydrogen-bond donors (Lipinski definition) is 1. The molecule has 2 aliphatic heterocycles. The van der Waals surface area contributed by atoms with Gasteiger partial charge in [0.05, 0.1) is 0 Å². The van der Waals surface area contributed by atoms with Crippen molar-refractivity contribution in [2.75, 3.05) is 7.05 Å². The van der Waals surface area contributed by atoms with E-state index in [2.05, 4.69) is 11.9 Å². The number of rotatable bonds is 4. The largest absolute Gasteiger partial charge is 0.460 e. The highest BCUT2D eigenvalue weighted by Crippen LogP contribution is 2.35. The molecule has 21 heavy (non-hydrogen) atoms. The Morgan fingerprint density at radius 1 is 1.29 bits per heavy atom. The molecule has 2 aliphatic rings. The number of carbonyl (C=O) groups excluding carboxylic acids is 1. The number of hydrogen-bond acceptors (Lipinski definition) is 4. The maximum absolute atomic E-state index is 12.0. The average Bonchev–Trinajstić information content (AvgIpc) is 2.71. The van der Waals surface area contributed by atoms with Crippen LogP contribution in [0.2, 0.25) is 0 Å². The maximum Gasteiger partial charge on any atom is 0.335 e. The van der Waals surface area contributed by atoms with Gasteiger partial charge in [0.1, 0.15) is 6.10 Å². The molecule has 0 aromatic heterocycles. The Balaban J connectivity index is 1.52. The molecule has 1 unspecified atom stereocenters. The van der Waals surface area contributed by atoms with Crippen LogP contribution in [0.3, 0.4) is 0 Å². The number of carbonyl (C=O) groups is 1. The number of fused-ring (bicyclic) bond motifs is 2. The predicted molar refractivity (Wildman–Crippen MR) is 79.8 cm³/mol. The Hall–Kier alpha value is -1.39. The minimum Gasteiger partial charge on any atom is -0.460 e. The first-order valence-corrected chi connectivity index (χ1v) is 7.78. The third-order valence-corrected chi connectivity index (χ3v) is 4.88. The van der Waals surface area contributed by atoms with Crippen molar-refractivity contribution in [1.82, 2.24) is 4.90 Å². The quantitative estimate of drug-likeness (QED) is 0.858. The second kappa shape index (κ2) is 6.16. The molecule has 1 N–H and O–H groups in total. The van der Waals surface area contributed by atoms with Crippen LogP contribution >= 0.6 is 0 Å². The molecule has 4 heteroatoms. The SMILES string of the molecule is CN1[C@@H]2CC[C@H]1CC(OC(=O)[C@@H](O)Cc1ccccc1)C2. The summed E-state index contributed by atoms with van der Waals surface area (Å²) in [6.07, 6.45) is 3.41. The van der Waals surface area contributed by atoms with Gasteiger partial charge in [-0.15, -0.1) is 0 Å². The monoisotopic (exact) mass is 289 g/mol. The number of piperidine rings is 1. The van der Waals surface area contributed by atoms with E-state index in [1.165, 1.54) is 12.8 Å². The Bertz CT molecular complexity index is 476. The topological polar surface area (TPSA) is 49.8 Å². The highest BCUT2D eigenvalue weighted by Gasteiger charge is 2.40. The standard InChI is InChI=1S/C17H23NO3/c1-18-13-7-8-14(18)11-15(10-13)21-17(20)16(19)9-12-5-3-2-4-6-12/h2-6,13-16,19H,7-11H2,1H3/t13-,14+,15?,16-/m0/s1. The van der Waals surface area contributed by atoms with Crippen LogP contribution in [0.15, 0.2) is 30.3 Å². The van der Waals surface area contributed by atoms with E-state index in [-0.39, 0.29) is 6.10 Å². The first-order chi connectivity index (χ1) is 10.1. The zero-order chi connectivity index (χ0) is 14.8. The Labute approximate surface area is 125 Å². The number of aliphatic hydroxyl groups excluding tert-OH is 1. The highest BCUT2D eigenvalue weighted by atomic mass is 16.6. The fourth-order valence-corrected chi connectivity index (χ4v) is 3.62. The van der Waals surface area contributed by atoms with Crippen molar-refractivity contribution >= 4 is 5.97 Å². The average molecular weight is 289 g/mol. The van der Waals surface area contributed by atoms with E-state index >= 15 is 0 Å². The summed E-state index contributed by atoms with van der Waals surface area (Å²) in [6.45, 7) is 0. The molecule has 0 radical (unpaired) electrons. The number of ether oxygens (including phenoxy) is 1. The first-order valence-electron chi connectivity index (χ1n) is 7.78. The zero-order valence-corrected chi connectivity index (χ0v) is 12.4. The fraction of sp³-hybridized carbons (Fsp3) is 0.588. The molecule has 1 aromatic carbocycles. The van der Waals surface area contributed by atoms with Gasteiger partial charge in [0.2, 0.25) is 0 Å². The van der Waals surface area contributed by atoms with Gasteiger partial charge in [-0.1, -0.05) is 30.3 Å². The van der Waals surface area contributed by atoms with E-state index in [9.17, 15) is 9.90 Å². The Morgan fingerprint density at radius 3 is 2.52 bits per heavy atom. The lowest BCUT2D eigenvalue weighted by Gasteiger charge is -2.36. The van der Waals surface area contributed by atoms with E-state index in [0.29, 0.717) is 18.5 Å². The van der Waals surface area contributed by atoms with Gasteiger partial charge in [-0.25, -0.2) is 4.79 Å². The summed E-state index contributed by atoms with van der Waals surface area (Å²) in [5, 5.41) is 10.0. The van der Waals surface area contributed by atoms with Gasteiger partial charge in [-0.2, -0.15) is 0 Å². The van der Waals surface area contributed by atoms with Gasteiger partial charge < -0.3 is 14.7 Å². The van der Waals surface area contributed by atoms with Crippen LogP contribution in [0, 0.1) is 0 Å². The minimum atomic E-state index is -1.07. The lowest BCUT2D eigenvalue weighted by molar-refractivity contribution is -0.162. The van der Waals surface area contributed by atoms with Crippen LogP contribution in [0.4, 0.5) is 0 Å². The number of benzene rings is 1. The maximum atomic E-state index is 12.0. The molecule has 4 nitrogen and oxygen atoms in total. The molecule has 2 bridgehead atoms. The van der Waals surface area contributed by atoms with Gasteiger partial charge in [0.25, 0.3) is 0 Å². The van der Waals surface area contributed by atoms with E-state index in [1.54, 1.807) is 0 Å². The van der Waals surface area contributed by atoms with Crippen LogP contribution < -0.4 is 0 Å². The summed E-state index contributed by atoms with van der Waals surface area (Å²) >= 11 is 0. The van der Waals surface area contributed by atoms with Crippen molar-refractivity contribution in [3.05, 3.63) is 35.9 Å². The minimum absolute atomic E-state index is 0.0309. The predicted octanol–water partition coefficient (Wildman–Crippen LogP) is 1.76. The molecule has 2 heterocycles. The van der Waals surface area contributed by atoms with Gasteiger partial charge in [-0.05, 0) is 38.3 Å². The summed E-state index contributed by atoms with van der Waals surface area (Å²) in [7, 11) is 2.16. The van der Waals surface area contributed by atoms with Crippen molar-refractivity contribution in [3.8, 4) is 0 Å². The molecule has 4 atom stereocenters. The Morgan fingerprint density at radius 2 is 1.90 bits per heavy atom. The third kappa shape index (κ3) is 3.27. The van der Waals surface area contributed by atoms with E-state index in [0.717, 1.165) is 18.4 Å². The lowest BCUT2D eigenvalue weighted by Crippen LogP contribution is -2.44. The molecule has 1 aromatic rings. The number of esters is 1. The summed E-state index contributed by atoms with van der Waals surface area (Å²) in [5.41, 5.74) is 0.949. The smallest absolute Gasteiger partial charge is 0.335 e. The van der Waals surface area contributed by atoms with Crippen LogP contribution in [-0.4, -0.2) is 47.3 Å². The van der Waals surface area contributed by atoms with Crippen LogP contribution in [0.25, 0.3) is 0 Å². The third-order valence-electron chi connectivity index (χ3n) is 4.88. The molecular weight excluding hydrogens is 266 g/mol. The van der Waals surface area contributed by atoms with Crippen molar-refractivity contribution in [2.24, 2.45) is 0 Å². The molecule has 2 fully saturated rings. The molecule has 0 amide bonds. The van der Waals surface area contributed by atoms with Gasteiger partial charge in [0, 0.05) is 18.5 Å². The van der Waals surface area contributed by atoms with Crippen molar-refractivity contribution in [1.29, 1.82) is 0 Å². The molecular formula is C17H23NO3. The number of aliphatic hydroxyl groups is 1. The van der Waals surface area contributed by atoms with Crippen LogP contribution in [0.5, 0.6) is 0 Å². The summed E-state index contributed by atoms with van der Waals surface area (Å²) in [6, 6.07) is 10.6. The molecule has 0 spiro atoms. The van der Waals surface area contributed by atoms with E-state index in [4.69, 9.17) is 4.74 Å². The highest BCUT2D eigenvalue weighted by molar-refractivity contribution is 5.75. The number of nitrogens with zero attached hydrogens (tertiary/aromatic N) is 1. The molecule has 2 saturated heterocycles. The second-order valence-electron chi connectivity index (χ2n) is 6.29. The molecule has 0 aliphatic carbocycles. The van der Waals surface area contributed by atoms with E-state index < -0.39 is 12.1 Å². The van der Waals surface area contributed by atoms with Gasteiger partial charge in [-0.3, -0.25) is 0 Å². The van der Waals surface area contributed by atoms with Crippen LogP contribution in [0.1, 0.15) is 31.2 Å². The summed E-state index contributed by atoms with van der Waals surface area (Å²) in [4.78, 5) is 14.5. The fourth-order valence-electron chi connectivity index (χ4n) is 3.62. The van der Waals surface area contributed by atoms with Gasteiger partial charge >= 0.3 is 5.97 Å². The Kier molecular flexibility index (Phi) is 4.27. The van der Waals surface area contributed by atoms with Gasteiger partial charge in [0.15, 0.2) is 6.10 Å². The normalized spacial score (nSPS) is 30.1. The van der Waals surface area contributed by atoms with Crippen molar-refractivity contribution in [3.63, 3.8) is 0 Å². The second-order valence-corrected chi connectivity index (χ2v) is 6.29. The van der Waals surface area contributed by atoms with Crippen molar-refractivity contribution < 1.29 is 14.6 Å². The summed E-state index contributed by atoms with van der Waals surface area (Å²) in [5.74, 6) is -0.479. The lowest BCUT2D eigenvalue weighted by atomic mass is 10.0. The van der Waals surface area contributed by atoms with Crippen molar-refractivity contribution in [2.45, 2.75) is 56.4 Å². The van der Waals surface area contributed by atoms with Crippen LogP contribution in [-0.2, 0) is 16.0 Å². The zero-order valence-electron chi connectivity index (χ0n) is 12.4. The van der Waals surface area contributed by atoms with E-state index in [1.807, 2.05) is 30.3 Å². The molecule has 3 rings (SSSR count). The molecule has 114 valence electrons. The molecule has 0 saturated carbocycles.